The summed E-state index contributed by atoms with van der Waals surface area (Å²) >= 11 is 0. The zero-order valence-corrected chi connectivity index (χ0v) is 11.6. The summed E-state index contributed by atoms with van der Waals surface area (Å²) < 4.78 is 5.00. The molecule has 19 heavy (non-hydrogen) atoms. The summed E-state index contributed by atoms with van der Waals surface area (Å²) in [4.78, 5) is 23.0. The molecule has 0 bridgehead atoms. The number of hydrogen-bond donors (Lipinski definition) is 2. The summed E-state index contributed by atoms with van der Waals surface area (Å²) in [6.07, 6.45) is 0. The zero-order valence-electron chi connectivity index (χ0n) is 10.8. The molecule has 0 aliphatic carbocycles. The lowest BCUT2D eigenvalue weighted by atomic mass is 9.99. The lowest BCUT2D eigenvalue weighted by Gasteiger charge is -2.16. The number of carbonyl (C=O) groups is 2. The van der Waals surface area contributed by atoms with Gasteiger partial charge in [0, 0.05) is 6.54 Å². The molecule has 3 N–H and O–H groups in total. The van der Waals surface area contributed by atoms with Crippen LogP contribution in [0.5, 0.6) is 0 Å². The third-order valence-corrected chi connectivity index (χ3v) is 2.46. The van der Waals surface area contributed by atoms with E-state index in [-0.39, 0.29) is 37.4 Å². The smallest absolute Gasteiger partial charge is 0.315 e. The van der Waals surface area contributed by atoms with E-state index in [9.17, 15) is 9.59 Å². The fourth-order valence-corrected chi connectivity index (χ4v) is 1.55. The predicted octanol–water partition coefficient (Wildman–Crippen LogP) is 0.830. The van der Waals surface area contributed by atoms with Crippen LogP contribution in [0.3, 0.4) is 0 Å². The van der Waals surface area contributed by atoms with E-state index in [2.05, 4.69) is 5.32 Å². The number of halogens is 1. The van der Waals surface area contributed by atoms with E-state index in [0.717, 1.165) is 5.56 Å². The van der Waals surface area contributed by atoms with Crippen molar-refractivity contribution in [2.24, 2.45) is 5.73 Å². The van der Waals surface area contributed by atoms with E-state index < -0.39 is 5.92 Å². The SMILES string of the molecule is CCOC(=O)C(CNC(=O)CN)c1ccccc1.Cl. The van der Waals surface area contributed by atoms with Crippen LogP contribution in [0.2, 0.25) is 0 Å². The molecule has 0 spiro atoms. The Bertz CT molecular complexity index is 398. The minimum absolute atomic E-state index is 0. The van der Waals surface area contributed by atoms with Gasteiger partial charge in [-0.15, -0.1) is 12.4 Å². The van der Waals surface area contributed by atoms with Gasteiger partial charge >= 0.3 is 5.97 Å². The molecule has 1 rings (SSSR count). The summed E-state index contributed by atoms with van der Waals surface area (Å²) in [6.45, 7) is 2.16. The van der Waals surface area contributed by atoms with Crippen molar-refractivity contribution in [3.63, 3.8) is 0 Å². The van der Waals surface area contributed by atoms with Crippen molar-refractivity contribution < 1.29 is 14.3 Å². The molecule has 0 aliphatic heterocycles. The molecule has 0 saturated heterocycles. The van der Waals surface area contributed by atoms with Crippen LogP contribution in [0.25, 0.3) is 0 Å². The molecule has 1 amide bonds. The maximum Gasteiger partial charge on any atom is 0.315 e. The van der Waals surface area contributed by atoms with E-state index >= 15 is 0 Å². The van der Waals surface area contributed by atoms with Crippen LogP contribution in [0, 0.1) is 0 Å². The molecule has 106 valence electrons. The Morgan fingerprint density at radius 3 is 2.47 bits per heavy atom. The van der Waals surface area contributed by atoms with Crippen molar-refractivity contribution >= 4 is 24.3 Å². The first-order valence-electron chi connectivity index (χ1n) is 5.87. The van der Waals surface area contributed by atoms with Crippen LogP contribution in [0.1, 0.15) is 18.4 Å². The summed E-state index contributed by atoms with van der Waals surface area (Å²) in [7, 11) is 0. The Hall–Kier alpha value is -1.59. The van der Waals surface area contributed by atoms with Gasteiger partial charge in [0.2, 0.25) is 5.91 Å². The highest BCUT2D eigenvalue weighted by atomic mass is 35.5. The lowest BCUT2D eigenvalue weighted by Crippen LogP contribution is -2.36. The van der Waals surface area contributed by atoms with Gasteiger partial charge in [-0.2, -0.15) is 0 Å². The Morgan fingerprint density at radius 1 is 1.32 bits per heavy atom. The first kappa shape index (κ1) is 17.4. The Labute approximate surface area is 118 Å². The molecule has 1 atom stereocenters. The highest BCUT2D eigenvalue weighted by molar-refractivity contribution is 5.85. The number of amides is 1. The van der Waals surface area contributed by atoms with Gasteiger partial charge in [0.25, 0.3) is 0 Å². The molecule has 5 nitrogen and oxygen atoms in total. The Balaban J connectivity index is 0.00000324. The minimum atomic E-state index is -0.498. The minimum Gasteiger partial charge on any atom is -0.465 e. The molecule has 0 heterocycles. The molecule has 1 unspecified atom stereocenters. The maximum absolute atomic E-state index is 11.8. The summed E-state index contributed by atoms with van der Waals surface area (Å²) in [5.41, 5.74) is 6.02. The summed E-state index contributed by atoms with van der Waals surface area (Å²) in [6, 6.07) is 9.20. The fraction of sp³-hybridized carbons (Fsp3) is 0.385. The topological polar surface area (TPSA) is 81.4 Å². The molecule has 1 aromatic carbocycles. The second-order valence-electron chi connectivity index (χ2n) is 3.72. The number of rotatable bonds is 6. The van der Waals surface area contributed by atoms with Gasteiger partial charge in [-0.3, -0.25) is 9.59 Å². The monoisotopic (exact) mass is 286 g/mol. The Kier molecular flexibility index (Phi) is 8.57. The predicted molar refractivity (Wildman–Crippen MR) is 75.1 cm³/mol. The highest BCUT2D eigenvalue weighted by Gasteiger charge is 2.22. The Morgan fingerprint density at radius 2 is 1.95 bits per heavy atom. The molecule has 0 fully saturated rings. The van der Waals surface area contributed by atoms with Gasteiger partial charge in [0.1, 0.15) is 0 Å². The van der Waals surface area contributed by atoms with E-state index in [4.69, 9.17) is 10.5 Å². The number of esters is 1. The van der Waals surface area contributed by atoms with Crippen LogP contribution in [-0.4, -0.2) is 31.6 Å². The lowest BCUT2D eigenvalue weighted by molar-refractivity contribution is -0.144. The molecule has 0 aromatic heterocycles. The third-order valence-electron chi connectivity index (χ3n) is 2.46. The van der Waals surface area contributed by atoms with Crippen molar-refractivity contribution in [3.05, 3.63) is 35.9 Å². The van der Waals surface area contributed by atoms with Gasteiger partial charge in [-0.25, -0.2) is 0 Å². The normalized spacial score (nSPS) is 11.1. The third kappa shape index (κ3) is 5.72. The average molecular weight is 287 g/mol. The van der Waals surface area contributed by atoms with E-state index in [1.807, 2.05) is 30.3 Å². The van der Waals surface area contributed by atoms with Crippen LogP contribution >= 0.6 is 12.4 Å². The highest BCUT2D eigenvalue weighted by Crippen LogP contribution is 2.16. The van der Waals surface area contributed by atoms with E-state index in [0.29, 0.717) is 6.61 Å². The van der Waals surface area contributed by atoms with Crippen LogP contribution in [0.15, 0.2) is 30.3 Å². The molecule has 6 heteroatoms. The van der Waals surface area contributed by atoms with Gasteiger partial charge < -0.3 is 15.8 Å². The zero-order chi connectivity index (χ0) is 13.4. The summed E-state index contributed by atoms with van der Waals surface area (Å²) in [5, 5.41) is 2.61. The quantitative estimate of drug-likeness (QED) is 0.759. The van der Waals surface area contributed by atoms with Gasteiger partial charge in [0.15, 0.2) is 0 Å². The number of benzene rings is 1. The summed E-state index contributed by atoms with van der Waals surface area (Å²) in [5.74, 6) is -1.14. The van der Waals surface area contributed by atoms with Gasteiger partial charge in [0.05, 0.1) is 19.1 Å². The number of hydrogen-bond acceptors (Lipinski definition) is 4. The van der Waals surface area contributed by atoms with Gasteiger partial charge in [-0.1, -0.05) is 30.3 Å². The largest absolute Gasteiger partial charge is 0.465 e. The second-order valence-corrected chi connectivity index (χ2v) is 3.72. The van der Waals surface area contributed by atoms with Crippen LogP contribution in [0.4, 0.5) is 0 Å². The molecule has 0 saturated carbocycles. The molecule has 1 aromatic rings. The first-order valence-corrected chi connectivity index (χ1v) is 5.87. The van der Waals surface area contributed by atoms with E-state index in [1.165, 1.54) is 0 Å². The molecular weight excluding hydrogens is 268 g/mol. The number of nitrogens with one attached hydrogen (secondary N) is 1. The van der Waals surface area contributed by atoms with Gasteiger partial charge in [-0.05, 0) is 12.5 Å². The number of carbonyl (C=O) groups excluding carboxylic acids is 2. The van der Waals surface area contributed by atoms with Crippen molar-refractivity contribution in [2.45, 2.75) is 12.8 Å². The van der Waals surface area contributed by atoms with Crippen LogP contribution in [-0.2, 0) is 14.3 Å². The number of ether oxygens (including phenoxy) is 1. The standard InChI is InChI=1S/C13H18N2O3.ClH/c1-2-18-13(17)11(9-15-12(16)8-14)10-6-4-3-5-7-10;/h3-7,11H,2,8-9,14H2,1H3,(H,15,16);1H. The first-order chi connectivity index (χ1) is 8.69. The number of nitrogens with two attached hydrogens (primary N) is 1. The average Bonchev–Trinajstić information content (AvgIpc) is 2.40. The fourth-order valence-electron chi connectivity index (χ4n) is 1.55. The van der Waals surface area contributed by atoms with Crippen molar-refractivity contribution in [3.8, 4) is 0 Å². The van der Waals surface area contributed by atoms with Crippen molar-refractivity contribution in [2.75, 3.05) is 19.7 Å². The van der Waals surface area contributed by atoms with Crippen LogP contribution < -0.4 is 11.1 Å². The van der Waals surface area contributed by atoms with Crippen molar-refractivity contribution in [1.82, 2.24) is 5.32 Å². The molecule has 0 radical (unpaired) electrons. The maximum atomic E-state index is 11.8. The van der Waals surface area contributed by atoms with Crippen molar-refractivity contribution in [1.29, 1.82) is 0 Å². The second kappa shape index (κ2) is 9.35. The molecule has 0 aliphatic rings. The van der Waals surface area contributed by atoms with E-state index in [1.54, 1.807) is 6.92 Å². The molecular formula is C13H19ClN2O3.